The van der Waals surface area contributed by atoms with Crippen LogP contribution in [0.5, 0.6) is 0 Å². The van der Waals surface area contributed by atoms with Gasteiger partial charge in [0.25, 0.3) is 0 Å². The van der Waals surface area contributed by atoms with Crippen molar-refractivity contribution in [1.82, 2.24) is 0 Å². The molecule has 1 aromatic rings. The molecule has 0 aliphatic heterocycles. The highest BCUT2D eigenvalue weighted by Crippen LogP contribution is 2.03. The normalized spacial score (nSPS) is 14.3. The van der Waals surface area contributed by atoms with Crippen molar-refractivity contribution in [1.29, 1.82) is 0 Å². The van der Waals surface area contributed by atoms with Crippen LogP contribution in [0.2, 0.25) is 0 Å². The second kappa shape index (κ2) is 4.10. The molecule has 0 fully saturated rings. The zero-order valence-electron chi connectivity index (χ0n) is 7.38. The number of aryl methyl sites for hydroxylation is 1. The van der Waals surface area contributed by atoms with Crippen LogP contribution in [0.4, 0.5) is 0 Å². The molecule has 0 bridgehead atoms. The van der Waals surface area contributed by atoms with Crippen molar-refractivity contribution in [2.45, 2.75) is 26.2 Å². The number of benzene rings is 1. The lowest BCUT2D eigenvalue weighted by Crippen LogP contribution is -1.81. The SMILES string of the molecule is [2H]C(C)CCc1ccccc1. The first kappa shape index (κ1) is 5.96. The molecule has 1 rings (SSSR count). The van der Waals surface area contributed by atoms with Gasteiger partial charge < -0.3 is 0 Å². The summed E-state index contributed by atoms with van der Waals surface area (Å²) < 4.78 is 7.33. The molecule has 0 saturated carbocycles. The third-order valence-electron chi connectivity index (χ3n) is 1.56. The third kappa shape index (κ3) is 2.22. The Labute approximate surface area is 64.3 Å². The molecule has 10 heavy (non-hydrogen) atoms. The molecule has 1 aromatic carbocycles. The number of hydrogen-bond donors (Lipinski definition) is 0. The van der Waals surface area contributed by atoms with Crippen LogP contribution in [0.3, 0.4) is 0 Å². The Balaban J connectivity index is 2.39. The second-order valence-corrected chi connectivity index (χ2v) is 2.43. The zero-order valence-corrected chi connectivity index (χ0v) is 6.38. The van der Waals surface area contributed by atoms with Crippen LogP contribution in [0, 0.1) is 0 Å². The van der Waals surface area contributed by atoms with Gasteiger partial charge in [0.1, 0.15) is 0 Å². The van der Waals surface area contributed by atoms with Gasteiger partial charge in [0.15, 0.2) is 0 Å². The summed E-state index contributed by atoms with van der Waals surface area (Å²) in [5.41, 5.74) is 1.34. The minimum Gasteiger partial charge on any atom is -0.0654 e. The van der Waals surface area contributed by atoms with Crippen LogP contribution < -0.4 is 0 Å². The minimum atomic E-state index is 0.0650. The fourth-order valence-electron chi connectivity index (χ4n) is 0.956. The predicted molar refractivity (Wildman–Crippen MR) is 45.1 cm³/mol. The maximum atomic E-state index is 7.33. The molecule has 0 aromatic heterocycles. The van der Waals surface area contributed by atoms with Gasteiger partial charge in [-0.25, -0.2) is 0 Å². The molecule has 0 radical (unpaired) electrons. The molecule has 0 spiro atoms. The second-order valence-electron chi connectivity index (χ2n) is 2.43. The van der Waals surface area contributed by atoms with E-state index in [-0.39, 0.29) is 6.40 Å². The van der Waals surface area contributed by atoms with Gasteiger partial charge in [0.2, 0.25) is 0 Å². The molecule has 0 heterocycles. The van der Waals surface area contributed by atoms with Gasteiger partial charge in [0.05, 0.1) is 0 Å². The molecule has 0 nitrogen and oxygen atoms in total. The van der Waals surface area contributed by atoms with E-state index in [4.69, 9.17) is 1.37 Å². The summed E-state index contributed by atoms with van der Waals surface area (Å²) in [4.78, 5) is 0. The van der Waals surface area contributed by atoms with Crippen LogP contribution in [-0.2, 0) is 6.42 Å². The molecular weight excluding hydrogens is 120 g/mol. The van der Waals surface area contributed by atoms with E-state index >= 15 is 0 Å². The summed E-state index contributed by atoms with van der Waals surface area (Å²) in [5.74, 6) is 0. The van der Waals surface area contributed by atoms with Crippen molar-refractivity contribution in [3.8, 4) is 0 Å². The van der Waals surface area contributed by atoms with E-state index in [0.717, 1.165) is 12.8 Å². The summed E-state index contributed by atoms with van der Waals surface area (Å²) in [6.45, 7) is 1.93. The number of rotatable bonds is 3. The first-order chi connectivity index (χ1) is 5.29. The quantitative estimate of drug-likeness (QED) is 0.597. The minimum absolute atomic E-state index is 0.0650. The molecule has 54 valence electrons. The first-order valence-electron chi connectivity index (χ1n) is 4.33. The Bertz CT molecular complexity index is 191. The Kier molecular flexibility index (Phi) is 2.45. The van der Waals surface area contributed by atoms with Crippen LogP contribution in [-0.4, -0.2) is 0 Å². The largest absolute Gasteiger partial charge is 0.0654 e. The monoisotopic (exact) mass is 135 g/mol. The van der Waals surface area contributed by atoms with Gasteiger partial charge in [-0.3, -0.25) is 0 Å². The molecule has 0 N–H and O–H groups in total. The Morgan fingerprint density at radius 2 is 2.00 bits per heavy atom. The summed E-state index contributed by atoms with van der Waals surface area (Å²) in [7, 11) is 0. The smallest absolute Gasteiger partial charge is 0.0264 e. The van der Waals surface area contributed by atoms with E-state index in [9.17, 15) is 0 Å². The standard InChI is InChI=1S/C10H14/c1-2-3-7-10-8-5-4-6-9-10/h4-6,8-9H,2-3,7H2,1H3/i2D. The lowest BCUT2D eigenvalue weighted by atomic mass is 10.1. The topological polar surface area (TPSA) is 0 Å². The lowest BCUT2D eigenvalue weighted by molar-refractivity contribution is 0.795. The van der Waals surface area contributed by atoms with E-state index in [1.54, 1.807) is 0 Å². The highest BCUT2D eigenvalue weighted by Gasteiger charge is 1.87. The maximum absolute atomic E-state index is 7.33. The fourth-order valence-corrected chi connectivity index (χ4v) is 0.956. The van der Waals surface area contributed by atoms with Crippen LogP contribution in [0.1, 0.15) is 26.7 Å². The van der Waals surface area contributed by atoms with Gasteiger partial charge >= 0.3 is 0 Å². The number of hydrogen-bond acceptors (Lipinski definition) is 0. The van der Waals surface area contributed by atoms with E-state index in [2.05, 4.69) is 12.1 Å². The average molecular weight is 135 g/mol. The first-order valence-corrected chi connectivity index (χ1v) is 3.75. The van der Waals surface area contributed by atoms with Gasteiger partial charge in [0, 0.05) is 1.37 Å². The third-order valence-corrected chi connectivity index (χ3v) is 1.56. The lowest BCUT2D eigenvalue weighted by Gasteiger charge is -1.96. The molecule has 0 aliphatic carbocycles. The maximum Gasteiger partial charge on any atom is 0.0264 e. The van der Waals surface area contributed by atoms with Gasteiger partial charge in [-0.05, 0) is 18.4 Å². The molecular formula is C10H14. The molecule has 0 heteroatoms. The fraction of sp³-hybridized carbons (Fsp3) is 0.400. The van der Waals surface area contributed by atoms with Crippen LogP contribution in [0.15, 0.2) is 30.3 Å². The Hall–Kier alpha value is -0.780. The molecule has 1 atom stereocenters. The zero-order chi connectivity index (χ0) is 8.10. The van der Waals surface area contributed by atoms with Crippen molar-refractivity contribution in [2.24, 2.45) is 0 Å². The predicted octanol–water partition coefficient (Wildman–Crippen LogP) is 3.03. The van der Waals surface area contributed by atoms with E-state index in [0.29, 0.717) is 0 Å². The van der Waals surface area contributed by atoms with Crippen molar-refractivity contribution >= 4 is 0 Å². The van der Waals surface area contributed by atoms with Gasteiger partial charge in [-0.2, -0.15) is 0 Å². The Morgan fingerprint density at radius 1 is 1.30 bits per heavy atom. The van der Waals surface area contributed by atoms with Gasteiger partial charge in [-0.15, -0.1) is 0 Å². The van der Waals surface area contributed by atoms with Crippen molar-refractivity contribution < 1.29 is 1.37 Å². The van der Waals surface area contributed by atoms with Crippen molar-refractivity contribution in [3.05, 3.63) is 35.9 Å². The molecule has 0 amide bonds. The van der Waals surface area contributed by atoms with E-state index in [1.807, 2.05) is 25.1 Å². The van der Waals surface area contributed by atoms with Crippen molar-refractivity contribution in [3.63, 3.8) is 0 Å². The summed E-state index contributed by atoms with van der Waals surface area (Å²) >= 11 is 0. The van der Waals surface area contributed by atoms with Crippen LogP contribution >= 0.6 is 0 Å². The highest BCUT2D eigenvalue weighted by atomic mass is 13.9. The molecule has 1 unspecified atom stereocenters. The van der Waals surface area contributed by atoms with Crippen LogP contribution in [0.25, 0.3) is 0 Å². The van der Waals surface area contributed by atoms with E-state index < -0.39 is 0 Å². The average Bonchev–Trinajstić information content (AvgIpc) is 2.03. The Morgan fingerprint density at radius 3 is 2.60 bits per heavy atom. The highest BCUT2D eigenvalue weighted by molar-refractivity contribution is 5.14. The van der Waals surface area contributed by atoms with Gasteiger partial charge in [-0.1, -0.05) is 43.7 Å². The molecule has 0 aliphatic rings. The summed E-state index contributed by atoms with van der Waals surface area (Å²) in [5, 5.41) is 0. The summed E-state index contributed by atoms with van der Waals surface area (Å²) in [6, 6.07) is 10.3. The van der Waals surface area contributed by atoms with E-state index in [1.165, 1.54) is 5.56 Å². The van der Waals surface area contributed by atoms with Crippen molar-refractivity contribution in [2.75, 3.05) is 0 Å². The molecule has 0 saturated heterocycles. The summed E-state index contributed by atoms with van der Waals surface area (Å²) in [6.07, 6.45) is 2.06.